The summed E-state index contributed by atoms with van der Waals surface area (Å²) < 4.78 is 4.51. The highest BCUT2D eigenvalue weighted by molar-refractivity contribution is 5.94. The van der Waals surface area contributed by atoms with Crippen LogP contribution in [0.15, 0.2) is 24.3 Å². The number of hydrogen-bond acceptors (Lipinski definition) is 7. The maximum Gasteiger partial charge on any atom is 0.307 e. The number of esters is 1. The molecule has 11 nitrogen and oxygen atoms in total. The van der Waals surface area contributed by atoms with Crippen molar-refractivity contribution in [2.45, 2.75) is 39.2 Å². The summed E-state index contributed by atoms with van der Waals surface area (Å²) >= 11 is 0. The molecule has 0 aliphatic carbocycles. The molecule has 1 aromatic carbocycles. The molecule has 0 heterocycles. The molecule has 170 valence electrons. The third-order valence-corrected chi connectivity index (χ3v) is 4.19. The maximum atomic E-state index is 12.3. The number of nitro groups is 1. The second kappa shape index (κ2) is 12.9. The van der Waals surface area contributed by atoms with E-state index in [9.17, 15) is 29.3 Å². The fourth-order valence-corrected chi connectivity index (χ4v) is 2.61. The van der Waals surface area contributed by atoms with Gasteiger partial charge < -0.3 is 20.7 Å². The predicted octanol–water partition coefficient (Wildman–Crippen LogP) is 0.925. The summed E-state index contributed by atoms with van der Waals surface area (Å²) in [6.07, 6.45) is 0.382. The number of benzene rings is 1. The second-order valence-corrected chi connectivity index (χ2v) is 7.18. The molecule has 1 rings (SSSR count). The normalized spacial score (nSPS) is 11.4. The van der Waals surface area contributed by atoms with Crippen molar-refractivity contribution in [1.29, 1.82) is 0 Å². The molecule has 0 fully saturated rings. The lowest BCUT2D eigenvalue weighted by atomic mass is 10.0. The summed E-state index contributed by atoms with van der Waals surface area (Å²) in [5.74, 6) is -1.60. The lowest BCUT2D eigenvalue weighted by Gasteiger charge is -2.20. The highest BCUT2D eigenvalue weighted by atomic mass is 16.6. The quantitative estimate of drug-likeness (QED) is 0.250. The summed E-state index contributed by atoms with van der Waals surface area (Å²) in [6, 6.07) is 4.32. The molecule has 0 aliphatic rings. The van der Waals surface area contributed by atoms with E-state index in [2.05, 4.69) is 20.7 Å². The second-order valence-electron chi connectivity index (χ2n) is 7.18. The van der Waals surface area contributed by atoms with E-state index < -0.39 is 34.7 Å². The monoisotopic (exact) mass is 436 g/mol. The van der Waals surface area contributed by atoms with Gasteiger partial charge in [0.1, 0.15) is 6.04 Å². The number of methoxy groups -OCH3 is 1. The van der Waals surface area contributed by atoms with Gasteiger partial charge in [0, 0.05) is 37.2 Å². The van der Waals surface area contributed by atoms with Crippen molar-refractivity contribution in [1.82, 2.24) is 16.0 Å². The molecule has 31 heavy (non-hydrogen) atoms. The molecular weight excluding hydrogens is 408 g/mol. The Kier molecular flexibility index (Phi) is 10.7. The number of nitro benzene ring substituents is 1. The Labute approximate surface area is 180 Å². The van der Waals surface area contributed by atoms with Crippen LogP contribution in [0, 0.1) is 16.0 Å². The van der Waals surface area contributed by atoms with Gasteiger partial charge in [0.15, 0.2) is 0 Å². The summed E-state index contributed by atoms with van der Waals surface area (Å²) in [5, 5.41) is 18.4. The molecule has 1 aromatic rings. The molecular formula is C20H28N4O7. The highest BCUT2D eigenvalue weighted by Gasteiger charge is 2.22. The Morgan fingerprint density at radius 2 is 1.65 bits per heavy atom. The van der Waals surface area contributed by atoms with Crippen LogP contribution in [0.5, 0.6) is 0 Å². The fourth-order valence-electron chi connectivity index (χ4n) is 2.61. The number of nitrogens with zero attached hydrogens (tertiary/aromatic N) is 1. The van der Waals surface area contributed by atoms with Crippen LogP contribution in [0.2, 0.25) is 0 Å². The van der Waals surface area contributed by atoms with Crippen LogP contribution < -0.4 is 16.0 Å². The number of ether oxygens (including phenoxy) is 1. The summed E-state index contributed by atoms with van der Waals surface area (Å²) in [6.45, 7) is 3.94. The number of non-ortho nitro benzene ring substituents is 1. The fraction of sp³-hybridized carbons (Fsp3) is 0.500. The van der Waals surface area contributed by atoms with E-state index in [1.807, 2.05) is 13.8 Å². The first-order valence-corrected chi connectivity index (χ1v) is 9.80. The molecule has 0 aliphatic heterocycles. The van der Waals surface area contributed by atoms with Crippen molar-refractivity contribution in [3.8, 4) is 0 Å². The predicted molar refractivity (Wildman–Crippen MR) is 111 cm³/mol. The van der Waals surface area contributed by atoms with Gasteiger partial charge in [0.05, 0.1) is 18.5 Å². The van der Waals surface area contributed by atoms with Gasteiger partial charge in [-0.2, -0.15) is 0 Å². The third-order valence-electron chi connectivity index (χ3n) is 4.19. The Balaban J connectivity index is 2.49. The zero-order chi connectivity index (χ0) is 23.4. The summed E-state index contributed by atoms with van der Waals surface area (Å²) in [7, 11) is 1.26. The molecule has 0 saturated heterocycles. The molecule has 0 saturated carbocycles. The van der Waals surface area contributed by atoms with E-state index in [1.165, 1.54) is 31.4 Å². The average molecular weight is 436 g/mol. The van der Waals surface area contributed by atoms with E-state index in [-0.39, 0.29) is 43.1 Å². The first kappa shape index (κ1) is 25.5. The third kappa shape index (κ3) is 9.70. The highest BCUT2D eigenvalue weighted by Crippen LogP contribution is 2.11. The number of hydrogen-bond donors (Lipinski definition) is 3. The Morgan fingerprint density at radius 3 is 2.19 bits per heavy atom. The van der Waals surface area contributed by atoms with Crippen LogP contribution in [-0.4, -0.2) is 54.9 Å². The maximum absolute atomic E-state index is 12.3. The van der Waals surface area contributed by atoms with Gasteiger partial charge in [-0.25, -0.2) is 0 Å². The zero-order valence-corrected chi connectivity index (χ0v) is 17.8. The van der Waals surface area contributed by atoms with Gasteiger partial charge in [-0.3, -0.25) is 29.3 Å². The molecule has 0 aromatic heterocycles. The van der Waals surface area contributed by atoms with Crippen molar-refractivity contribution in [2.24, 2.45) is 5.92 Å². The molecule has 0 radical (unpaired) electrons. The van der Waals surface area contributed by atoms with Gasteiger partial charge in [-0.05, 0) is 24.5 Å². The van der Waals surface area contributed by atoms with Crippen LogP contribution in [-0.2, 0) is 19.1 Å². The van der Waals surface area contributed by atoms with E-state index >= 15 is 0 Å². The van der Waals surface area contributed by atoms with Crippen molar-refractivity contribution in [2.75, 3.05) is 20.2 Å². The molecule has 11 heteroatoms. The minimum absolute atomic E-state index is 0.0270. The van der Waals surface area contributed by atoms with E-state index in [4.69, 9.17) is 0 Å². The summed E-state index contributed by atoms with van der Waals surface area (Å²) in [4.78, 5) is 57.8. The van der Waals surface area contributed by atoms with E-state index in [0.717, 1.165) is 0 Å². The molecule has 0 bridgehead atoms. The van der Waals surface area contributed by atoms with Gasteiger partial charge in [0.25, 0.3) is 11.6 Å². The lowest BCUT2D eigenvalue weighted by molar-refractivity contribution is -0.384. The Bertz CT molecular complexity index is 793. The van der Waals surface area contributed by atoms with Crippen LogP contribution in [0.3, 0.4) is 0 Å². The molecule has 1 unspecified atom stereocenters. The average Bonchev–Trinajstić information content (AvgIpc) is 2.72. The van der Waals surface area contributed by atoms with Crippen molar-refractivity contribution in [3.05, 3.63) is 39.9 Å². The van der Waals surface area contributed by atoms with Gasteiger partial charge in [0.2, 0.25) is 11.8 Å². The molecule has 1 atom stereocenters. The number of carbonyl (C=O) groups is 4. The summed E-state index contributed by atoms with van der Waals surface area (Å²) in [5.41, 5.74) is 0.102. The van der Waals surface area contributed by atoms with E-state index in [1.54, 1.807) is 0 Å². The van der Waals surface area contributed by atoms with Crippen LogP contribution >= 0.6 is 0 Å². The number of amides is 3. The van der Waals surface area contributed by atoms with Crippen LogP contribution in [0.1, 0.15) is 43.5 Å². The van der Waals surface area contributed by atoms with Gasteiger partial charge >= 0.3 is 5.97 Å². The lowest BCUT2D eigenvalue weighted by Crippen LogP contribution is -2.48. The van der Waals surface area contributed by atoms with Crippen molar-refractivity contribution < 1.29 is 28.8 Å². The van der Waals surface area contributed by atoms with Gasteiger partial charge in [-0.15, -0.1) is 0 Å². The van der Waals surface area contributed by atoms with Gasteiger partial charge in [-0.1, -0.05) is 13.8 Å². The molecule has 3 N–H and O–H groups in total. The first-order chi connectivity index (χ1) is 14.6. The smallest absolute Gasteiger partial charge is 0.307 e. The first-order valence-electron chi connectivity index (χ1n) is 9.80. The van der Waals surface area contributed by atoms with Crippen LogP contribution in [0.25, 0.3) is 0 Å². The number of nitrogens with one attached hydrogen (secondary N) is 3. The Morgan fingerprint density at radius 1 is 1.03 bits per heavy atom. The van der Waals surface area contributed by atoms with Crippen molar-refractivity contribution >= 4 is 29.4 Å². The minimum Gasteiger partial charge on any atom is -0.469 e. The largest absolute Gasteiger partial charge is 0.469 e. The van der Waals surface area contributed by atoms with E-state index in [0.29, 0.717) is 6.42 Å². The zero-order valence-electron chi connectivity index (χ0n) is 17.8. The number of carbonyl (C=O) groups excluding carboxylic acids is 4. The molecule has 3 amide bonds. The van der Waals surface area contributed by atoms with Crippen LogP contribution in [0.4, 0.5) is 5.69 Å². The Hall–Kier alpha value is -3.50. The topological polar surface area (TPSA) is 157 Å². The standard InChI is InChI=1S/C20H28N4O7/c1-13(2)12-16(20(28)22-11-9-18(26)31-3)23-17(25)8-10-21-19(27)14-4-6-15(7-5-14)24(29)30/h4-7,13,16H,8-12H2,1-3H3,(H,21,27)(H,22,28)(H,23,25). The molecule has 0 spiro atoms. The van der Waals surface area contributed by atoms with Crippen molar-refractivity contribution in [3.63, 3.8) is 0 Å². The number of rotatable bonds is 12. The minimum atomic E-state index is -0.768. The SMILES string of the molecule is COC(=O)CCNC(=O)C(CC(C)C)NC(=O)CCNC(=O)c1ccc([N+](=O)[O-])cc1.